The number of anilines is 2. The van der Waals surface area contributed by atoms with Gasteiger partial charge in [-0.05, 0) is 26.2 Å². The quantitative estimate of drug-likeness (QED) is 0.757. The van der Waals surface area contributed by atoms with Crippen LogP contribution >= 0.6 is 0 Å². The number of hydrogen-bond donors (Lipinski definition) is 2. The molecule has 0 amide bonds. The summed E-state index contributed by atoms with van der Waals surface area (Å²) in [4.78, 5) is 11.6. The van der Waals surface area contributed by atoms with Crippen LogP contribution in [0.2, 0.25) is 0 Å². The number of aliphatic hydroxyl groups is 1. The van der Waals surface area contributed by atoms with Gasteiger partial charge >= 0.3 is 0 Å². The monoisotopic (exact) mass is 294 g/mol. The summed E-state index contributed by atoms with van der Waals surface area (Å²) in [7, 11) is 3.97. The van der Waals surface area contributed by atoms with Gasteiger partial charge in [0.2, 0.25) is 0 Å². The van der Waals surface area contributed by atoms with E-state index in [2.05, 4.69) is 49.9 Å². The predicted octanol–water partition coefficient (Wildman–Crippen LogP) is 2.72. The maximum atomic E-state index is 8.84. The Labute approximate surface area is 128 Å². The molecule has 0 saturated heterocycles. The van der Waals surface area contributed by atoms with E-state index >= 15 is 0 Å². The van der Waals surface area contributed by atoms with E-state index in [1.165, 1.54) is 0 Å². The average molecular weight is 294 g/mol. The second-order valence-corrected chi connectivity index (χ2v) is 6.55. The van der Waals surface area contributed by atoms with Crippen molar-refractivity contribution in [3.63, 3.8) is 0 Å². The Hall–Kier alpha value is -1.36. The van der Waals surface area contributed by atoms with Crippen LogP contribution in [0.4, 0.5) is 11.6 Å². The molecule has 120 valence electrons. The van der Waals surface area contributed by atoms with Crippen LogP contribution in [-0.2, 0) is 5.41 Å². The number of unbranched alkanes of at least 4 members (excludes halogenated alkanes) is 2. The molecule has 1 aromatic rings. The molecule has 0 aliphatic rings. The molecule has 21 heavy (non-hydrogen) atoms. The van der Waals surface area contributed by atoms with Crippen LogP contribution in [0.5, 0.6) is 0 Å². The van der Waals surface area contributed by atoms with Gasteiger partial charge in [0.25, 0.3) is 0 Å². The van der Waals surface area contributed by atoms with Crippen LogP contribution in [0.3, 0.4) is 0 Å². The molecule has 0 aromatic carbocycles. The summed E-state index contributed by atoms with van der Waals surface area (Å²) in [5.41, 5.74) is 1.00. The van der Waals surface area contributed by atoms with Crippen molar-refractivity contribution in [1.29, 1.82) is 0 Å². The van der Waals surface area contributed by atoms with Gasteiger partial charge in [0, 0.05) is 38.2 Å². The van der Waals surface area contributed by atoms with E-state index in [0.717, 1.165) is 48.8 Å². The minimum atomic E-state index is -0.0776. The standard InChI is InChI=1S/C16H30N4O/c1-12-13(17-5)18-15(16(2,3)4)19-14(12)20(6)10-8-7-9-11-21/h21H,7-11H2,1-6H3,(H,17,18,19). The first-order chi connectivity index (χ1) is 9.81. The van der Waals surface area contributed by atoms with Crippen LogP contribution in [0, 0.1) is 6.92 Å². The Morgan fingerprint density at radius 1 is 1.14 bits per heavy atom. The highest BCUT2D eigenvalue weighted by atomic mass is 16.2. The van der Waals surface area contributed by atoms with Crippen molar-refractivity contribution in [3.8, 4) is 0 Å². The minimum absolute atomic E-state index is 0.0776. The summed E-state index contributed by atoms with van der Waals surface area (Å²) < 4.78 is 0. The molecule has 0 radical (unpaired) electrons. The zero-order valence-corrected chi connectivity index (χ0v) is 14.3. The van der Waals surface area contributed by atoms with Gasteiger partial charge in [0.15, 0.2) is 0 Å². The van der Waals surface area contributed by atoms with Gasteiger partial charge in [0.1, 0.15) is 17.5 Å². The first-order valence-electron chi connectivity index (χ1n) is 7.70. The van der Waals surface area contributed by atoms with Crippen molar-refractivity contribution in [3.05, 3.63) is 11.4 Å². The highest BCUT2D eigenvalue weighted by Crippen LogP contribution is 2.27. The lowest BCUT2D eigenvalue weighted by Crippen LogP contribution is -2.25. The summed E-state index contributed by atoms with van der Waals surface area (Å²) >= 11 is 0. The number of aromatic nitrogens is 2. The van der Waals surface area contributed by atoms with Crippen molar-refractivity contribution in [2.45, 2.75) is 52.4 Å². The molecule has 0 aliphatic heterocycles. The molecule has 1 aromatic heterocycles. The van der Waals surface area contributed by atoms with E-state index < -0.39 is 0 Å². The third-order valence-corrected chi connectivity index (χ3v) is 3.54. The average Bonchev–Trinajstić information content (AvgIpc) is 2.42. The van der Waals surface area contributed by atoms with Crippen LogP contribution in [0.1, 0.15) is 51.4 Å². The molecule has 0 fully saturated rings. The number of rotatable bonds is 7. The number of hydrogen-bond acceptors (Lipinski definition) is 5. The molecule has 5 heteroatoms. The largest absolute Gasteiger partial charge is 0.396 e. The Morgan fingerprint density at radius 3 is 2.33 bits per heavy atom. The van der Waals surface area contributed by atoms with Gasteiger partial charge in [-0.3, -0.25) is 0 Å². The first kappa shape index (κ1) is 17.7. The molecule has 5 nitrogen and oxygen atoms in total. The third-order valence-electron chi connectivity index (χ3n) is 3.54. The number of nitrogens with one attached hydrogen (secondary N) is 1. The summed E-state index contributed by atoms with van der Waals surface area (Å²) in [5.74, 6) is 2.74. The molecule has 0 unspecified atom stereocenters. The highest BCUT2D eigenvalue weighted by Gasteiger charge is 2.22. The van der Waals surface area contributed by atoms with Crippen molar-refractivity contribution in [2.75, 3.05) is 37.5 Å². The Balaban J connectivity index is 2.98. The molecule has 0 atom stereocenters. The van der Waals surface area contributed by atoms with Gasteiger partial charge < -0.3 is 15.3 Å². The summed E-state index contributed by atoms with van der Waals surface area (Å²) in [6.45, 7) is 9.64. The molecular formula is C16H30N4O. The molecule has 1 heterocycles. The SMILES string of the molecule is CNc1nc(C(C)(C)C)nc(N(C)CCCCCO)c1C. The highest BCUT2D eigenvalue weighted by molar-refractivity contribution is 5.58. The maximum Gasteiger partial charge on any atom is 0.138 e. The number of nitrogens with zero attached hydrogens (tertiary/aromatic N) is 3. The molecule has 2 N–H and O–H groups in total. The minimum Gasteiger partial charge on any atom is -0.396 e. The second-order valence-electron chi connectivity index (χ2n) is 6.55. The third kappa shape index (κ3) is 4.84. The van der Waals surface area contributed by atoms with Gasteiger partial charge in [-0.2, -0.15) is 0 Å². The molecule has 1 rings (SSSR count). The first-order valence-corrected chi connectivity index (χ1v) is 7.70. The Morgan fingerprint density at radius 2 is 1.81 bits per heavy atom. The smallest absolute Gasteiger partial charge is 0.138 e. The maximum absolute atomic E-state index is 8.84. The molecular weight excluding hydrogens is 264 g/mol. The van der Waals surface area contributed by atoms with E-state index in [0.29, 0.717) is 0 Å². The summed E-state index contributed by atoms with van der Waals surface area (Å²) in [5, 5.41) is 12.0. The lowest BCUT2D eigenvalue weighted by atomic mass is 9.95. The molecule has 0 saturated carbocycles. The Bertz CT molecular complexity index is 454. The van der Waals surface area contributed by atoms with Crippen molar-refractivity contribution in [1.82, 2.24) is 9.97 Å². The van der Waals surface area contributed by atoms with Crippen LogP contribution in [0.25, 0.3) is 0 Å². The van der Waals surface area contributed by atoms with Crippen LogP contribution in [-0.4, -0.2) is 42.3 Å². The molecule has 0 spiro atoms. The lowest BCUT2D eigenvalue weighted by Gasteiger charge is -2.25. The van der Waals surface area contributed by atoms with Crippen molar-refractivity contribution in [2.24, 2.45) is 0 Å². The van der Waals surface area contributed by atoms with Crippen LogP contribution < -0.4 is 10.2 Å². The van der Waals surface area contributed by atoms with E-state index in [-0.39, 0.29) is 12.0 Å². The topological polar surface area (TPSA) is 61.3 Å². The summed E-state index contributed by atoms with van der Waals surface area (Å²) in [6.07, 6.45) is 2.96. The van der Waals surface area contributed by atoms with E-state index in [1.54, 1.807) is 0 Å². The fourth-order valence-corrected chi connectivity index (χ4v) is 2.20. The van der Waals surface area contributed by atoms with Crippen molar-refractivity contribution >= 4 is 11.6 Å². The van der Waals surface area contributed by atoms with Gasteiger partial charge in [0.05, 0.1) is 0 Å². The van der Waals surface area contributed by atoms with E-state index in [4.69, 9.17) is 10.1 Å². The second kappa shape index (κ2) is 7.59. The lowest BCUT2D eigenvalue weighted by molar-refractivity contribution is 0.283. The van der Waals surface area contributed by atoms with Gasteiger partial charge in [-0.25, -0.2) is 9.97 Å². The summed E-state index contributed by atoms with van der Waals surface area (Å²) in [6, 6.07) is 0. The van der Waals surface area contributed by atoms with E-state index in [9.17, 15) is 0 Å². The zero-order valence-electron chi connectivity index (χ0n) is 14.3. The Kier molecular flexibility index (Phi) is 6.40. The van der Waals surface area contributed by atoms with Crippen LogP contribution in [0.15, 0.2) is 0 Å². The van der Waals surface area contributed by atoms with Gasteiger partial charge in [-0.15, -0.1) is 0 Å². The number of aliphatic hydroxyl groups excluding tert-OH is 1. The molecule has 0 aliphatic carbocycles. The van der Waals surface area contributed by atoms with E-state index in [1.807, 2.05) is 7.05 Å². The predicted molar refractivity (Wildman–Crippen MR) is 89.2 cm³/mol. The fraction of sp³-hybridized carbons (Fsp3) is 0.750. The van der Waals surface area contributed by atoms with Crippen molar-refractivity contribution < 1.29 is 5.11 Å². The molecule has 0 bridgehead atoms. The van der Waals surface area contributed by atoms with Gasteiger partial charge in [-0.1, -0.05) is 20.8 Å². The normalized spacial score (nSPS) is 11.6. The zero-order chi connectivity index (χ0) is 16.0. The fourth-order valence-electron chi connectivity index (χ4n) is 2.20.